The van der Waals surface area contributed by atoms with Crippen LogP contribution in [-0.2, 0) is 22.6 Å². The fraction of sp³-hybridized carbons (Fsp3) is 0.348. The van der Waals surface area contributed by atoms with E-state index in [1.807, 2.05) is 42.5 Å². The molecule has 1 unspecified atom stereocenters. The molecule has 1 fully saturated rings. The summed E-state index contributed by atoms with van der Waals surface area (Å²) in [6, 6.07) is 15.5. The summed E-state index contributed by atoms with van der Waals surface area (Å²) in [6.07, 6.45) is 3.31. The first-order valence-corrected chi connectivity index (χ1v) is 10.2. The fourth-order valence-corrected chi connectivity index (χ4v) is 3.77. The van der Waals surface area contributed by atoms with E-state index in [4.69, 9.17) is 8.94 Å². The third-order valence-corrected chi connectivity index (χ3v) is 5.41. The summed E-state index contributed by atoms with van der Waals surface area (Å²) in [5, 5.41) is 4.12. The quantitative estimate of drug-likeness (QED) is 0.572. The molecule has 0 N–H and O–H groups in total. The SMILES string of the molecule is CN(CCCc1cc(-c2ccccc2)no1)C(=O)C1CC(=O)N(Cc2ccco2)C1. The van der Waals surface area contributed by atoms with Crippen LogP contribution in [0.3, 0.4) is 0 Å². The summed E-state index contributed by atoms with van der Waals surface area (Å²) in [4.78, 5) is 28.4. The third kappa shape index (κ3) is 4.62. The van der Waals surface area contributed by atoms with E-state index >= 15 is 0 Å². The minimum absolute atomic E-state index is 0.00625. The summed E-state index contributed by atoms with van der Waals surface area (Å²) < 4.78 is 10.7. The van der Waals surface area contributed by atoms with Crippen molar-refractivity contribution in [1.82, 2.24) is 15.0 Å². The molecule has 1 atom stereocenters. The van der Waals surface area contributed by atoms with Crippen molar-refractivity contribution in [3.05, 3.63) is 66.3 Å². The van der Waals surface area contributed by atoms with Crippen molar-refractivity contribution in [2.24, 2.45) is 5.92 Å². The Balaban J connectivity index is 1.24. The molecular weight excluding hydrogens is 382 g/mol. The Labute approximate surface area is 175 Å². The highest BCUT2D eigenvalue weighted by Crippen LogP contribution is 2.23. The van der Waals surface area contributed by atoms with Crippen molar-refractivity contribution in [2.75, 3.05) is 20.1 Å². The molecular formula is C23H25N3O4. The smallest absolute Gasteiger partial charge is 0.227 e. The average Bonchev–Trinajstić information content (AvgIpc) is 3.51. The van der Waals surface area contributed by atoms with Crippen molar-refractivity contribution in [2.45, 2.75) is 25.8 Å². The minimum Gasteiger partial charge on any atom is -0.467 e. The molecule has 1 saturated heterocycles. The summed E-state index contributed by atoms with van der Waals surface area (Å²) in [5.74, 6) is 1.23. The number of aromatic nitrogens is 1. The Morgan fingerprint density at radius 1 is 1.20 bits per heavy atom. The number of rotatable bonds is 8. The largest absolute Gasteiger partial charge is 0.467 e. The lowest BCUT2D eigenvalue weighted by Gasteiger charge is -2.21. The lowest BCUT2D eigenvalue weighted by molar-refractivity contribution is -0.134. The minimum atomic E-state index is -0.299. The number of nitrogens with zero attached hydrogens (tertiary/aromatic N) is 3. The first kappa shape index (κ1) is 19.9. The third-order valence-electron chi connectivity index (χ3n) is 5.41. The van der Waals surface area contributed by atoms with Crippen LogP contribution in [0.2, 0.25) is 0 Å². The van der Waals surface area contributed by atoms with Gasteiger partial charge in [0, 0.05) is 44.6 Å². The first-order valence-electron chi connectivity index (χ1n) is 10.2. The van der Waals surface area contributed by atoms with Gasteiger partial charge in [-0.2, -0.15) is 0 Å². The Morgan fingerprint density at radius 3 is 2.80 bits per heavy atom. The second-order valence-corrected chi connectivity index (χ2v) is 7.66. The molecule has 156 valence electrons. The number of carbonyl (C=O) groups excluding carboxylic acids is 2. The molecule has 0 spiro atoms. The van der Waals surface area contributed by atoms with Gasteiger partial charge in [-0.3, -0.25) is 9.59 Å². The van der Waals surface area contributed by atoms with E-state index < -0.39 is 0 Å². The Kier molecular flexibility index (Phi) is 5.97. The maximum atomic E-state index is 12.8. The molecule has 1 aliphatic rings. The van der Waals surface area contributed by atoms with Gasteiger partial charge in [0.05, 0.1) is 18.7 Å². The monoisotopic (exact) mass is 407 g/mol. The molecule has 3 aromatic rings. The van der Waals surface area contributed by atoms with Crippen molar-refractivity contribution in [1.29, 1.82) is 0 Å². The van der Waals surface area contributed by atoms with Crippen LogP contribution in [0.5, 0.6) is 0 Å². The van der Waals surface area contributed by atoms with Crippen LogP contribution >= 0.6 is 0 Å². The number of likely N-dealkylation sites (tertiary alicyclic amines) is 1. The fourth-order valence-electron chi connectivity index (χ4n) is 3.77. The second kappa shape index (κ2) is 8.98. The predicted octanol–water partition coefficient (Wildman–Crippen LogP) is 3.37. The normalized spacial score (nSPS) is 16.2. The van der Waals surface area contributed by atoms with Crippen molar-refractivity contribution < 1.29 is 18.5 Å². The van der Waals surface area contributed by atoms with Crippen LogP contribution in [0.15, 0.2) is 63.7 Å². The van der Waals surface area contributed by atoms with Gasteiger partial charge in [0.25, 0.3) is 0 Å². The number of aryl methyl sites for hydroxylation is 1. The zero-order valence-electron chi connectivity index (χ0n) is 17.0. The van der Waals surface area contributed by atoms with Crippen LogP contribution in [0.4, 0.5) is 0 Å². The van der Waals surface area contributed by atoms with Crippen LogP contribution in [0.1, 0.15) is 24.4 Å². The Morgan fingerprint density at radius 2 is 2.03 bits per heavy atom. The number of benzene rings is 1. The van der Waals surface area contributed by atoms with E-state index in [1.54, 1.807) is 29.2 Å². The lowest BCUT2D eigenvalue weighted by Crippen LogP contribution is -2.35. The van der Waals surface area contributed by atoms with E-state index in [1.165, 1.54) is 0 Å². The number of hydrogen-bond donors (Lipinski definition) is 0. The van der Waals surface area contributed by atoms with E-state index in [9.17, 15) is 9.59 Å². The molecule has 0 aliphatic carbocycles. The lowest BCUT2D eigenvalue weighted by atomic mass is 10.1. The van der Waals surface area contributed by atoms with Gasteiger partial charge < -0.3 is 18.7 Å². The van der Waals surface area contributed by atoms with Gasteiger partial charge in [0.1, 0.15) is 17.2 Å². The molecule has 7 heteroatoms. The van der Waals surface area contributed by atoms with Crippen molar-refractivity contribution in [3.8, 4) is 11.3 Å². The zero-order chi connectivity index (χ0) is 20.9. The molecule has 0 radical (unpaired) electrons. The highest BCUT2D eigenvalue weighted by Gasteiger charge is 2.35. The predicted molar refractivity (Wildman–Crippen MR) is 110 cm³/mol. The molecule has 0 saturated carbocycles. The Bertz CT molecular complexity index is 981. The topological polar surface area (TPSA) is 79.8 Å². The van der Waals surface area contributed by atoms with Gasteiger partial charge in [-0.1, -0.05) is 35.5 Å². The molecule has 3 heterocycles. The molecule has 2 aromatic heterocycles. The van der Waals surface area contributed by atoms with Gasteiger partial charge in [0.15, 0.2) is 0 Å². The van der Waals surface area contributed by atoms with Crippen molar-refractivity contribution >= 4 is 11.8 Å². The molecule has 30 heavy (non-hydrogen) atoms. The summed E-state index contributed by atoms with van der Waals surface area (Å²) in [7, 11) is 1.79. The van der Waals surface area contributed by atoms with Gasteiger partial charge in [-0.05, 0) is 18.6 Å². The molecule has 2 amide bonds. The zero-order valence-corrected chi connectivity index (χ0v) is 17.0. The standard InChI is InChI=1S/C23H25N3O4/c1-25(11-5-9-19-14-21(24-30-19)17-7-3-2-4-8-17)23(28)18-13-22(27)26(15-18)16-20-10-6-12-29-20/h2-4,6-8,10,12,14,18H,5,9,11,13,15-16H2,1H3. The number of carbonyl (C=O) groups is 2. The van der Waals surface area contributed by atoms with Gasteiger partial charge in [-0.15, -0.1) is 0 Å². The van der Waals surface area contributed by atoms with E-state index in [2.05, 4.69) is 5.16 Å². The van der Waals surface area contributed by atoms with E-state index in [0.717, 1.165) is 29.2 Å². The maximum Gasteiger partial charge on any atom is 0.227 e. The van der Waals surface area contributed by atoms with Crippen LogP contribution < -0.4 is 0 Å². The molecule has 1 aliphatic heterocycles. The van der Waals surface area contributed by atoms with Crippen LogP contribution in [-0.4, -0.2) is 46.9 Å². The van der Waals surface area contributed by atoms with Gasteiger partial charge >= 0.3 is 0 Å². The van der Waals surface area contributed by atoms with Crippen molar-refractivity contribution in [3.63, 3.8) is 0 Å². The maximum absolute atomic E-state index is 12.8. The second-order valence-electron chi connectivity index (χ2n) is 7.66. The van der Waals surface area contributed by atoms with Crippen LogP contribution in [0, 0.1) is 5.92 Å². The molecule has 4 rings (SSSR count). The Hall–Kier alpha value is -3.35. The number of amides is 2. The molecule has 1 aromatic carbocycles. The van der Waals surface area contributed by atoms with Gasteiger partial charge in [0.2, 0.25) is 11.8 Å². The highest BCUT2D eigenvalue weighted by molar-refractivity contribution is 5.89. The molecule has 0 bridgehead atoms. The summed E-state index contributed by atoms with van der Waals surface area (Å²) >= 11 is 0. The average molecular weight is 407 g/mol. The summed E-state index contributed by atoms with van der Waals surface area (Å²) in [5.41, 5.74) is 1.83. The summed E-state index contributed by atoms with van der Waals surface area (Å²) in [6.45, 7) is 1.45. The first-order chi connectivity index (χ1) is 14.6. The van der Waals surface area contributed by atoms with Gasteiger partial charge in [-0.25, -0.2) is 0 Å². The highest BCUT2D eigenvalue weighted by atomic mass is 16.5. The van der Waals surface area contributed by atoms with Crippen LogP contribution in [0.25, 0.3) is 11.3 Å². The number of hydrogen-bond acceptors (Lipinski definition) is 5. The van der Waals surface area contributed by atoms with E-state index in [-0.39, 0.29) is 24.2 Å². The molecule has 7 nitrogen and oxygen atoms in total. The van der Waals surface area contributed by atoms with E-state index in [0.29, 0.717) is 26.1 Å². The number of furan rings is 1.